The van der Waals surface area contributed by atoms with E-state index in [1.54, 1.807) is 24.3 Å². The first-order chi connectivity index (χ1) is 8.57. The van der Waals surface area contributed by atoms with Gasteiger partial charge in [0.2, 0.25) is 10.0 Å². The Labute approximate surface area is 120 Å². The lowest BCUT2D eigenvalue weighted by Gasteiger charge is -2.33. The Balaban J connectivity index is 0.00000180. The minimum absolute atomic E-state index is 0. The third kappa shape index (κ3) is 3.20. The minimum atomic E-state index is -3.49. The fourth-order valence-electron chi connectivity index (χ4n) is 2.14. The number of ether oxygens (including phenoxy) is 1. The van der Waals surface area contributed by atoms with Gasteiger partial charge in [0.05, 0.1) is 7.11 Å². The van der Waals surface area contributed by atoms with Crippen LogP contribution < -0.4 is 10.1 Å². The number of benzene rings is 1. The Morgan fingerprint density at radius 1 is 1.37 bits per heavy atom. The average Bonchev–Trinajstić information content (AvgIpc) is 2.39. The number of hydrogen-bond acceptors (Lipinski definition) is 4. The number of sulfonamides is 1. The first-order valence-electron chi connectivity index (χ1n) is 5.93. The number of hydrogen-bond donors (Lipinski definition) is 1. The Hall–Kier alpha value is -0.820. The molecule has 108 valence electrons. The van der Waals surface area contributed by atoms with Crippen LogP contribution in [0, 0.1) is 0 Å². The lowest BCUT2D eigenvalue weighted by atomic mass is 10.3. The molecule has 1 saturated heterocycles. The molecule has 0 radical (unpaired) electrons. The van der Waals surface area contributed by atoms with E-state index in [2.05, 4.69) is 5.32 Å². The van der Waals surface area contributed by atoms with Crippen LogP contribution in [0.25, 0.3) is 0 Å². The number of nitrogens with one attached hydrogen (secondary N) is 1. The molecule has 1 aliphatic heterocycles. The highest BCUT2D eigenvalue weighted by Gasteiger charge is 2.32. The van der Waals surface area contributed by atoms with Crippen LogP contribution in [0.15, 0.2) is 29.2 Å². The van der Waals surface area contributed by atoms with Gasteiger partial charge < -0.3 is 10.1 Å². The topological polar surface area (TPSA) is 58.6 Å². The molecule has 5 nitrogen and oxygen atoms in total. The quantitative estimate of drug-likeness (QED) is 0.908. The molecule has 0 saturated carbocycles. The van der Waals surface area contributed by atoms with E-state index in [-0.39, 0.29) is 23.3 Å². The minimum Gasteiger partial charge on any atom is -0.495 e. The van der Waals surface area contributed by atoms with E-state index in [4.69, 9.17) is 4.74 Å². The van der Waals surface area contributed by atoms with Crippen LogP contribution in [0.3, 0.4) is 0 Å². The summed E-state index contributed by atoms with van der Waals surface area (Å²) in [5, 5.41) is 3.18. The molecule has 0 amide bonds. The van der Waals surface area contributed by atoms with Crippen LogP contribution in [-0.4, -0.2) is 45.5 Å². The van der Waals surface area contributed by atoms with Crippen molar-refractivity contribution >= 4 is 22.4 Å². The van der Waals surface area contributed by atoms with E-state index >= 15 is 0 Å². The van der Waals surface area contributed by atoms with Crippen molar-refractivity contribution in [2.24, 2.45) is 0 Å². The van der Waals surface area contributed by atoms with E-state index in [9.17, 15) is 8.42 Å². The number of para-hydroxylation sites is 1. The molecule has 0 bridgehead atoms. The molecular weight excluding hydrogens is 288 g/mol. The summed E-state index contributed by atoms with van der Waals surface area (Å²) in [6, 6.07) is 6.68. The van der Waals surface area contributed by atoms with E-state index in [0.29, 0.717) is 25.4 Å². The number of piperazine rings is 1. The summed E-state index contributed by atoms with van der Waals surface area (Å²) in [7, 11) is -2.00. The predicted octanol–water partition coefficient (Wildman–Crippen LogP) is 1.10. The summed E-state index contributed by atoms with van der Waals surface area (Å²) in [6.45, 7) is 3.74. The molecule has 0 aromatic heterocycles. The standard InChI is InChI=1S/C12H18N2O3S.ClH/c1-10-9-13-7-8-14(10)18(15,16)12-6-4-3-5-11(12)17-2;/h3-6,10,13H,7-9H2,1-2H3;1H. The summed E-state index contributed by atoms with van der Waals surface area (Å²) in [5.74, 6) is 0.392. The van der Waals surface area contributed by atoms with Crippen LogP contribution in [0.4, 0.5) is 0 Å². The Bertz CT molecular complexity index is 521. The van der Waals surface area contributed by atoms with E-state index in [1.165, 1.54) is 11.4 Å². The maximum absolute atomic E-state index is 12.6. The molecule has 1 aromatic carbocycles. The highest BCUT2D eigenvalue weighted by Crippen LogP contribution is 2.27. The molecule has 1 atom stereocenters. The Morgan fingerprint density at radius 3 is 2.68 bits per heavy atom. The van der Waals surface area contributed by atoms with Crippen LogP contribution >= 0.6 is 12.4 Å². The SMILES string of the molecule is COc1ccccc1S(=O)(=O)N1CCNCC1C.Cl. The van der Waals surface area contributed by atoms with E-state index < -0.39 is 10.0 Å². The van der Waals surface area contributed by atoms with Crippen LogP contribution in [0.5, 0.6) is 5.75 Å². The first kappa shape index (κ1) is 16.2. The zero-order valence-corrected chi connectivity index (χ0v) is 12.6. The van der Waals surface area contributed by atoms with Gasteiger partial charge in [-0.2, -0.15) is 4.31 Å². The van der Waals surface area contributed by atoms with Crippen LogP contribution in [0.1, 0.15) is 6.92 Å². The molecule has 19 heavy (non-hydrogen) atoms. The zero-order chi connectivity index (χ0) is 13.2. The summed E-state index contributed by atoms with van der Waals surface area (Å²) >= 11 is 0. The molecule has 1 fully saturated rings. The van der Waals surface area contributed by atoms with Gasteiger partial charge in [-0.25, -0.2) is 8.42 Å². The molecule has 7 heteroatoms. The van der Waals surface area contributed by atoms with Gasteiger partial charge in [-0.3, -0.25) is 0 Å². The van der Waals surface area contributed by atoms with Crippen molar-refractivity contribution in [2.75, 3.05) is 26.7 Å². The van der Waals surface area contributed by atoms with Gasteiger partial charge in [-0.1, -0.05) is 12.1 Å². The predicted molar refractivity (Wildman–Crippen MR) is 76.5 cm³/mol. The van der Waals surface area contributed by atoms with E-state index in [1.807, 2.05) is 6.92 Å². The zero-order valence-electron chi connectivity index (χ0n) is 11.0. The van der Waals surface area contributed by atoms with Gasteiger partial charge in [-0.15, -0.1) is 12.4 Å². The molecule has 1 unspecified atom stereocenters. The van der Waals surface area contributed by atoms with Crippen molar-refractivity contribution in [2.45, 2.75) is 17.9 Å². The molecule has 1 aromatic rings. The monoisotopic (exact) mass is 306 g/mol. The third-order valence-electron chi connectivity index (χ3n) is 3.10. The van der Waals surface area contributed by atoms with Crippen LogP contribution in [0.2, 0.25) is 0 Å². The van der Waals surface area contributed by atoms with Crippen molar-refractivity contribution in [3.8, 4) is 5.75 Å². The number of methoxy groups -OCH3 is 1. The van der Waals surface area contributed by atoms with Gasteiger partial charge in [0.15, 0.2) is 0 Å². The molecule has 1 aliphatic rings. The summed E-state index contributed by atoms with van der Waals surface area (Å²) in [5.41, 5.74) is 0. The highest BCUT2D eigenvalue weighted by atomic mass is 35.5. The van der Waals surface area contributed by atoms with Gasteiger partial charge in [-0.05, 0) is 19.1 Å². The lowest BCUT2D eigenvalue weighted by molar-refractivity contribution is 0.282. The second-order valence-electron chi connectivity index (χ2n) is 4.32. The lowest BCUT2D eigenvalue weighted by Crippen LogP contribution is -2.52. The largest absolute Gasteiger partial charge is 0.495 e. The fourth-order valence-corrected chi connectivity index (χ4v) is 3.93. The highest BCUT2D eigenvalue weighted by molar-refractivity contribution is 7.89. The maximum Gasteiger partial charge on any atom is 0.247 e. The van der Waals surface area contributed by atoms with Crippen molar-refractivity contribution in [3.05, 3.63) is 24.3 Å². The third-order valence-corrected chi connectivity index (χ3v) is 5.15. The molecule has 1 N–H and O–H groups in total. The second kappa shape index (κ2) is 6.56. The smallest absolute Gasteiger partial charge is 0.247 e. The maximum atomic E-state index is 12.6. The Morgan fingerprint density at radius 2 is 2.05 bits per heavy atom. The average molecular weight is 307 g/mol. The number of halogens is 1. The van der Waals surface area contributed by atoms with Crippen molar-refractivity contribution < 1.29 is 13.2 Å². The molecule has 0 spiro atoms. The normalized spacial score (nSPS) is 20.6. The van der Waals surface area contributed by atoms with Gasteiger partial charge >= 0.3 is 0 Å². The van der Waals surface area contributed by atoms with Crippen molar-refractivity contribution in [1.82, 2.24) is 9.62 Å². The molecular formula is C12H19ClN2O3S. The number of rotatable bonds is 3. The van der Waals surface area contributed by atoms with E-state index in [0.717, 1.165) is 0 Å². The fraction of sp³-hybridized carbons (Fsp3) is 0.500. The van der Waals surface area contributed by atoms with Crippen molar-refractivity contribution in [1.29, 1.82) is 0 Å². The summed E-state index contributed by atoms with van der Waals surface area (Å²) in [6.07, 6.45) is 0. The van der Waals surface area contributed by atoms with Gasteiger partial charge in [0, 0.05) is 25.7 Å². The summed E-state index contributed by atoms with van der Waals surface area (Å²) in [4.78, 5) is 0.237. The number of nitrogens with zero attached hydrogens (tertiary/aromatic N) is 1. The molecule has 2 rings (SSSR count). The van der Waals surface area contributed by atoms with Gasteiger partial charge in [0.1, 0.15) is 10.6 Å². The summed E-state index contributed by atoms with van der Waals surface area (Å²) < 4.78 is 31.9. The molecule has 0 aliphatic carbocycles. The van der Waals surface area contributed by atoms with Crippen molar-refractivity contribution in [3.63, 3.8) is 0 Å². The second-order valence-corrected chi connectivity index (χ2v) is 6.18. The first-order valence-corrected chi connectivity index (χ1v) is 7.37. The molecule has 1 heterocycles. The van der Waals surface area contributed by atoms with Crippen LogP contribution in [-0.2, 0) is 10.0 Å². The Kier molecular flexibility index (Phi) is 5.61. The van der Waals surface area contributed by atoms with Gasteiger partial charge in [0.25, 0.3) is 0 Å².